The molecular formula is C12H23OP. The molecule has 0 bridgehead atoms. The highest BCUT2D eigenvalue weighted by Gasteiger charge is 2.45. The van der Waals surface area contributed by atoms with Gasteiger partial charge in [0, 0.05) is 12.8 Å². The molecule has 0 aliphatic carbocycles. The lowest BCUT2D eigenvalue weighted by atomic mass is 9.97. The predicted octanol–water partition coefficient (Wildman–Crippen LogP) is 3.80. The lowest BCUT2D eigenvalue weighted by Crippen LogP contribution is -2.40. The maximum Gasteiger partial charge on any atom is 0.134 e. The summed E-state index contributed by atoms with van der Waals surface area (Å²) in [6.07, 6.45) is 4.19. The van der Waals surface area contributed by atoms with Crippen molar-refractivity contribution in [1.82, 2.24) is 0 Å². The van der Waals surface area contributed by atoms with E-state index < -0.39 is 0 Å². The molecule has 0 unspecified atom stereocenters. The highest BCUT2D eigenvalue weighted by atomic mass is 31.1. The summed E-state index contributed by atoms with van der Waals surface area (Å²) >= 11 is 0. The monoisotopic (exact) mass is 214 g/mol. The van der Waals surface area contributed by atoms with Gasteiger partial charge in [0.05, 0.1) is 0 Å². The lowest BCUT2D eigenvalue weighted by Gasteiger charge is -2.49. The third-order valence-corrected chi connectivity index (χ3v) is 7.30. The van der Waals surface area contributed by atoms with E-state index in [1.165, 1.54) is 12.6 Å². The fourth-order valence-electron chi connectivity index (χ4n) is 2.87. The molecule has 1 saturated heterocycles. The van der Waals surface area contributed by atoms with Crippen molar-refractivity contribution in [3.63, 3.8) is 0 Å². The van der Waals surface area contributed by atoms with Crippen LogP contribution in [0, 0.1) is 0 Å². The second-order valence-electron chi connectivity index (χ2n) is 5.67. The number of carbonyl (C=O) groups is 1. The number of Topliss-reactive ketones (excluding diaryl/α,β-unsaturated/α-hetero) is 1. The Bertz CT molecular complexity index is 210. The molecular weight excluding hydrogens is 191 g/mol. The van der Waals surface area contributed by atoms with Gasteiger partial charge in [0.25, 0.3) is 0 Å². The van der Waals surface area contributed by atoms with E-state index in [4.69, 9.17) is 0 Å². The van der Waals surface area contributed by atoms with Crippen LogP contribution in [-0.4, -0.2) is 22.3 Å². The first-order valence-electron chi connectivity index (χ1n) is 5.59. The number of ketones is 1. The van der Waals surface area contributed by atoms with Crippen LogP contribution in [0.15, 0.2) is 0 Å². The van der Waals surface area contributed by atoms with E-state index >= 15 is 0 Å². The standard InChI is InChI=1S/C12H23OP/c1-6-7-14-11(2,3)8-10(13)9-12(14,4)5/h6-9H2,1-5H3. The van der Waals surface area contributed by atoms with Gasteiger partial charge in [-0.2, -0.15) is 0 Å². The fraction of sp³-hybridized carbons (Fsp3) is 0.917. The Kier molecular flexibility index (Phi) is 3.41. The maximum atomic E-state index is 11.7. The molecule has 0 aromatic heterocycles. The number of carbonyl (C=O) groups excluding carboxylic acids is 1. The lowest BCUT2D eigenvalue weighted by molar-refractivity contribution is -0.120. The van der Waals surface area contributed by atoms with Gasteiger partial charge in [-0.15, -0.1) is 0 Å². The van der Waals surface area contributed by atoms with Crippen LogP contribution in [0.2, 0.25) is 0 Å². The molecule has 82 valence electrons. The third kappa shape index (κ3) is 2.37. The van der Waals surface area contributed by atoms with Crippen LogP contribution in [-0.2, 0) is 4.79 Å². The summed E-state index contributed by atoms with van der Waals surface area (Å²) in [5.74, 6) is 0.467. The van der Waals surface area contributed by atoms with Gasteiger partial charge in [-0.05, 0) is 16.5 Å². The normalized spacial score (nSPS) is 26.5. The summed E-state index contributed by atoms with van der Waals surface area (Å²) in [6.45, 7) is 11.4. The van der Waals surface area contributed by atoms with Crippen molar-refractivity contribution in [2.24, 2.45) is 0 Å². The molecule has 2 heteroatoms. The van der Waals surface area contributed by atoms with Crippen molar-refractivity contribution in [1.29, 1.82) is 0 Å². The first-order chi connectivity index (χ1) is 6.29. The molecule has 1 aliphatic heterocycles. The van der Waals surface area contributed by atoms with E-state index in [1.807, 2.05) is 0 Å². The smallest absolute Gasteiger partial charge is 0.134 e. The highest BCUT2D eigenvalue weighted by molar-refractivity contribution is 7.61. The molecule has 0 aromatic carbocycles. The zero-order valence-corrected chi connectivity index (χ0v) is 11.1. The Balaban J connectivity index is 2.90. The number of rotatable bonds is 2. The molecule has 1 heterocycles. The summed E-state index contributed by atoms with van der Waals surface area (Å²) in [6, 6.07) is 0. The molecule has 0 radical (unpaired) electrons. The molecule has 0 N–H and O–H groups in total. The van der Waals surface area contributed by atoms with Crippen LogP contribution in [0.3, 0.4) is 0 Å². The van der Waals surface area contributed by atoms with E-state index in [0.29, 0.717) is 5.78 Å². The van der Waals surface area contributed by atoms with Gasteiger partial charge in [0.2, 0.25) is 0 Å². The van der Waals surface area contributed by atoms with Crippen molar-refractivity contribution >= 4 is 13.7 Å². The van der Waals surface area contributed by atoms with E-state index in [9.17, 15) is 4.79 Å². The number of hydrogen-bond acceptors (Lipinski definition) is 1. The van der Waals surface area contributed by atoms with Crippen LogP contribution in [0.25, 0.3) is 0 Å². The van der Waals surface area contributed by atoms with Gasteiger partial charge in [-0.1, -0.05) is 49.0 Å². The van der Waals surface area contributed by atoms with Crippen molar-refractivity contribution in [3.05, 3.63) is 0 Å². The largest absolute Gasteiger partial charge is 0.300 e. The van der Waals surface area contributed by atoms with Crippen molar-refractivity contribution in [2.75, 3.05) is 6.16 Å². The molecule has 0 saturated carbocycles. The van der Waals surface area contributed by atoms with Gasteiger partial charge in [0.1, 0.15) is 5.78 Å². The number of hydrogen-bond donors (Lipinski definition) is 0. The van der Waals surface area contributed by atoms with Crippen LogP contribution in [0.4, 0.5) is 0 Å². The Morgan fingerprint density at radius 1 is 1.14 bits per heavy atom. The maximum absolute atomic E-state index is 11.7. The minimum Gasteiger partial charge on any atom is -0.300 e. The molecule has 1 nitrogen and oxygen atoms in total. The Morgan fingerprint density at radius 2 is 1.57 bits per heavy atom. The summed E-state index contributed by atoms with van der Waals surface area (Å²) in [5, 5.41) is 0.536. The summed E-state index contributed by atoms with van der Waals surface area (Å²) < 4.78 is 0. The van der Waals surface area contributed by atoms with Crippen molar-refractivity contribution in [2.45, 2.75) is 64.2 Å². The molecule has 0 amide bonds. The molecule has 1 fully saturated rings. The zero-order valence-electron chi connectivity index (χ0n) is 10.2. The summed E-state index contributed by atoms with van der Waals surface area (Å²) in [7, 11) is -0.00581. The minimum absolute atomic E-state index is 0.00581. The fourth-order valence-corrected chi connectivity index (χ4v) is 6.90. The van der Waals surface area contributed by atoms with Crippen molar-refractivity contribution < 1.29 is 4.79 Å². The van der Waals surface area contributed by atoms with E-state index in [2.05, 4.69) is 34.6 Å². The molecule has 0 atom stereocenters. The van der Waals surface area contributed by atoms with E-state index in [0.717, 1.165) is 12.8 Å². The van der Waals surface area contributed by atoms with Crippen LogP contribution in [0.1, 0.15) is 53.9 Å². The van der Waals surface area contributed by atoms with Gasteiger partial charge in [-0.25, -0.2) is 0 Å². The van der Waals surface area contributed by atoms with Gasteiger partial charge in [0.15, 0.2) is 0 Å². The molecule has 1 aliphatic rings. The van der Waals surface area contributed by atoms with E-state index in [1.54, 1.807) is 0 Å². The average Bonchev–Trinajstić information content (AvgIpc) is 1.94. The quantitative estimate of drug-likeness (QED) is 0.639. The van der Waals surface area contributed by atoms with Crippen LogP contribution >= 0.6 is 7.92 Å². The predicted molar refractivity (Wildman–Crippen MR) is 64.5 cm³/mol. The Labute approximate surface area is 89.4 Å². The first-order valence-corrected chi connectivity index (χ1v) is 7.12. The van der Waals surface area contributed by atoms with Crippen molar-refractivity contribution in [3.8, 4) is 0 Å². The van der Waals surface area contributed by atoms with Crippen LogP contribution < -0.4 is 0 Å². The zero-order chi connectivity index (χ0) is 11.0. The van der Waals surface area contributed by atoms with Gasteiger partial charge in [-0.3, -0.25) is 4.79 Å². The first kappa shape index (κ1) is 12.2. The summed E-state index contributed by atoms with van der Waals surface area (Å²) in [4.78, 5) is 11.7. The molecule has 14 heavy (non-hydrogen) atoms. The second kappa shape index (κ2) is 3.93. The Morgan fingerprint density at radius 3 is 1.93 bits per heavy atom. The van der Waals surface area contributed by atoms with Gasteiger partial charge < -0.3 is 0 Å². The highest BCUT2D eigenvalue weighted by Crippen LogP contribution is 2.65. The summed E-state index contributed by atoms with van der Waals surface area (Å²) in [5.41, 5.74) is 0. The molecule has 0 spiro atoms. The minimum atomic E-state index is -0.00581. The van der Waals surface area contributed by atoms with Crippen LogP contribution in [0.5, 0.6) is 0 Å². The molecule has 0 aromatic rings. The van der Waals surface area contributed by atoms with Gasteiger partial charge >= 0.3 is 0 Å². The van der Waals surface area contributed by atoms with E-state index in [-0.39, 0.29) is 18.2 Å². The average molecular weight is 214 g/mol. The molecule has 1 rings (SSSR count). The topological polar surface area (TPSA) is 17.1 Å². The Hall–Kier alpha value is 0.100. The SMILES string of the molecule is CCCP1C(C)(C)CC(=O)CC1(C)C. The second-order valence-corrected chi connectivity index (χ2v) is 9.39. The third-order valence-electron chi connectivity index (χ3n) is 3.17.